The van der Waals surface area contributed by atoms with Crippen molar-refractivity contribution in [1.82, 2.24) is 4.98 Å². The van der Waals surface area contributed by atoms with Crippen LogP contribution in [0, 0.1) is 6.92 Å². The van der Waals surface area contributed by atoms with Gasteiger partial charge in [0.1, 0.15) is 4.88 Å². The van der Waals surface area contributed by atoms with E-state index in [4.69, 9.17) is 4.74 Å². The van der Waals surface area contributed by atoms with Gasteiger partial charge in [0.05, 0.1) is 17.2 Å². The van der Waals surface area contributed by atoms with Crippen molar-refractivity contribution >= 4 is 45.5 Å². The number of esters is 1. The maximum Gasteiger partial charge on any atom is 0.350 e. The van der Waals surface area contributed by atoms with Gasteiger partial charge in [-0.2, -0.15) is 0 Å². The molecular formula is C16H18N2O4S2. The van der Waals surface area contributed by atoms with Crippen molar-refractivity contribution in [2.45, 2.75) is 33.1 Å². The van der Waals surface area contributed by atoms with Crippen LogP contribution in [0.2, 0.25) is 0 Å². The Morgan fingerprint density at radius 3 is 2.75 bits per heavy atom. The van der Waals surface area contributed by atoms with E-state index in [1.165, 1.54) is 11.3 Å². The molecule has 1 amide bonds. The van der Waals surface area contributed by atoms with Crippen molar-refractivity contribution in [2.75, 3.05) is 11.9 Å². The number of Topliss-reactive ketones (excluding diaryl/α,β-unsaturated/α-hetero) is 1. The highest BCUT2D eigenvalue weighted by atomic mass is 32.1. The van der Waals surface area contributed by atoms with Gasteiger partial charge in [-0.25, -0.2) is 9.78 Å². The van der Waals surface area contributed by atoms with Gasteiger partial charge in [-0.15, -0.1) is 11.3 Å². The number of thiazole rings is 1. The number of ether oxygens (including phenoxy) is 1. The van der Waals surface area contributed by atoms with Gasteiger partial charge in [0.25, 0.3) is 0 Å². The maximum atomic E-state index is 11.9. The number of nitrogens with one attached hydrogen (secondary N) is 1. The summed E-state index contributed by atoms with van der Waals surface area (Å²) < 4.78 is 4.94. The number of carbonyl (C=O) groups excluding carboxylic acids is 3. The highest BCUT2D eigenvalue weighted by Gasteiger charge is 2.17. The van der Waals surface area contributed by atoms with Gasteiger partial charge in [0.2, 0.25) is 5.91 Å². The first-order chi connectivity index (χ1) is 11.5. The Morgan fingerprint density at radius 2 is 2.08 bits per heavy atom. The molecule has 0 saturated heterocycles. The molecule has 2 heterocycles. The molecule has 0 saturated carbocycles. The average Bonchev–Trinajstić information content (AvgIpc) is 3.17. The lowest BCUT2D eigenvalue weighted by Crippen LogP contribution is -2.11. The smallest absolute Gasteiger partial charge is 0.350 e. The highest BCUT2D eigenvalue weighted by molar-refractivity contribution is 7.17. The van der Waals surface area contributed by atoms with Crippen molar-refractivity contribution in [3.8, 4) is 0 Å². The van der Waals surface area contributed by atoms with Crippen LogP contribution in [0.25, 0.3) is 0 Å². The number of ketones is 1. The molecule has 0 bridgehead atoms. The van der Waals surface area contributed by atoms with E-state index in [-0.39, 0.29) is 24.7 Å². The van der Waals surface area contributed by atoms with Crippen LogP contribution in [0.4, 0.5) is 5.13 Å². The topological polar surface area (TPSA) is 85.4 Å². The normalized spacial score (nSPS) is 10.4. The van der Waals surface area contributed by atoms with Crippen LogP contribution < -0.4 is 5.32 Å². The first-order valence-electron chi connectivity index (χ1n) is 7.52. The first kappa shape index (κ1) is 18.3. The average molecular weight is 366 g/mol. The second kappa shape index (κ2) is 8.70. The van der Waals surface area contributed by atoms with E-state index in [1.54, 1.807) is 19.9 Å². The minimum Gasteiger partial charge on any atom is -0.462 e. The lowest BCUT2D eigenvalue weighted by Gasteiger charge is -2.01. The molecule has 128 valence electrons. The number of aromatic nitrogens is 1. The molecule has 0 fully saturated rings. The van der Waals surface area contributed by atoms with Crippen LogP contribution in [-0.2, 0) is 9.53 Å². The first-order valence-corrected chi connectivity index (χ1v) is 9.22. The van der Waals surface area contributed by atoms with Crippen LogP contribution in [0.15, 0.2) is 17.5 Å². The third kappa shape index (κ3) is 4.97. The number of rotatable bonds is 8. The van der Waals surface area contributed by atoms with Crippen molar-refractivity contribution in [2.24, 2.45) is 0 Å². The Labute approximate surface area is 147 Å². The third-order valence-electron chi connectivity index (χ3n) is 3.11. The molecule has 0 atom stereocenters. The summed E-state index contributed by atoms with van der Waals surface area (Å²) in [5.74, 6) is -0.611. The van der Waals surface area contributed by atoms with Crippen LogP contribution in [0.5, 0.6) is 0 Å². The number of nitrogens with zero attached hydrogens (tertiary/aromatic N) is 1. The Hall–Kier alpha value is -2.06. The Morgan fingerprint density at radius 1 is 1.29 bits per heavy atom. The second-order valence-electron chi connectivity index (χ2n) is 4.96. The quantitative estimate of drug-likeness (QED) is 0.569. The molecule has 8 heteroatoms. The van der Waals surface area contributed by atoms with Crippen molar-refractivity contribution < 1.29 is 19.1 Å². The zero-order valence-electron chi connectivity index (χ0n) is 13.5. The zero-order valence-corrected chi connectivity index (χ0v) is 15.1. The molecule has 6 nitrogen and oxygen atoms in total. The summed E-state index contributed by atoms with van der Waals surface area (Å²) in [6.45, 7) is 3.71. The standard InChI is InChI=1S/C16H18N2O4S2/c1-3-22-15(21)14-10(2)17-16(24-14)18-13(20)8-4-6-11(19)12-7-5-9-23-12/h5,7,9H,3-4,6,8H2,1-2H3,(H,17,18,20). The summed E-state index contributed by atoms with van der Waals surface area (Å²) in [5.41, 5.74) is 0.529. The van der Waals surface area contributed by atoms with E-state index in [2.05, 4.69) is 10.3 Å². The number of anilines is 1. The van der Waals surface area contributed by atoms with Crippen molar-refractivity contribution in [1.29, 1.82) is 0 Å². The van der Waals surface area contributed by atoms with E-state index in [1.807, 2.05) is 11.4 Å². The molecule has 0 aliphatic heterocycles. The highest BCUT2D eigenvalue weighted by Crippen LogP contribution is 2.23. The minimum absolute atomic E-state index is 0.0486. The predicted molar refractivity (Wildman–Crippen MR) is 93.9 cm³/mol. The number of hydrogen-bond donors (Lipinski definition) is 1. The number of carbonyl (C=O) groups is 3. The second-order valence-corrected chi connectivity index (χ2v) is 6.90. The summed E-state index contributed by atoms with van der Waals surface area (Å²) in [6.07, 6.45) is 1.03. The molecule has 0 aliphatic carbocycles. The fourth-order valence-electron chi connectivity index (χ4n) is 1.99. The van der Waals surface area contributed by atoms with Crippen molar-refractivity contribution in [3.63, 3.8) is 0 Å². The van der Waals surface area contributed by atoms with E-state index in [9.17, 15) is 14.4 Å². The Kier molecular flexibility index (Phi) is 6.62. The van der Waals surface area contributed by atoms with Crippen molar-refractivity contribution in [3.05, 3.63) is 33.0 Å². The van der Waals surface area contributed by atoms with Gasteiger partial charge in [0, 0.05) is 12.8 Å². The molecule has 1 N–H and O–H groups in total. The van der Waals surface area contributed by atoms with E-state index < -0.39 is 5.97 Å². The largest absolute Gasteiger partial charge is 0.462 e. The third-order valence-corrected chi connectivity index (χ3v) is 5.07. The molecular weight excluding hydrogens is 348 g/mol. The maximum absolute atomic E-state index is 11.9. The molecule has 2 aromatic heterocycles. The molecule has 2 aromatic rings. The van der Waals surface area contributed by atoms with Gasteiger partial charge in [0.15, 0.2) is 10.9 Å². The summed E-state index contributed by atoms with van der Waals surface area (Å²) in [7, 11) is 0. The van der Waals surface area contributed by atoms with Gasteiger partial charge >= 0.3 is 5.97 Å². The number of aryl methyl sites for hydroxylation is 1. The molecule has 0 spiro atoms. The molecule has 0 aliphatic rings. The van der Waals surface area contributed by atoms with Gasteiger partial charge in [-0.3, -0.25) is 9.59 Å². The molecule has 24 heavy (non-hydrogen) atoms. The fourth-order valence-corrected chi connectivity index (χ4v) is 3.56. The monoisotopic (exact) mass is 366 g/mol. The van der Waals surface area contributed by atoms with E-state index in [0.717, 1.165) is 11.3 Å². The number of thiophene rings is 1. The lowest BCUT2D eigenvalue weighted by atomic mass is 10.1. The van der Waals surface area contributed by atoms with Crippen LogP contribution in [0.1, 0.15) is 51.2 Å². The molecule has 0 radical (unpaired) electrons. The summed E-state index contributed by atoms with van der Waals surface area (Å²) in [6, 6.07) is 3.61. The zero-order chi connectivity index (χ0) is 17.5. The van der Waals surface area contributed by atoms with Crippen LogP contribution in [0.3, 0.4) is 0 Å². The number of amides is 1. The Balaban J connectivity index is 1.81. The van der Waals surface area contributed by atoms with Gasteiger partial charge in [-0.05, 0) is 31.7 Å². The Bertz CT molecular complexity index is 723. The van der Waals surface area contributed by atoms with Crippen LogP contribution >= 0.6 is 22.7 Å². The molecule has 2 rings (SSSR count). The fraction of sp³-hybridized carbons (Fsp3) is 0.375. The summed E-state index contributed by atoms with van der Waals surface area (Å²) in [5, 5.41) is 4.88. The van der Waals surface area contributed by atoms with E-state index in [0.29, 0.717) is 33.4 Å². The minimum atomic E-state index is -0.436. The number of hydrogen-bond acceptors (Lipinski definition) is 7. The summed E-state index contributed by atoms with van der Waals surface area (Å²) >= 11 is 2.49. The molecule has 0 aromatic carbocycles. The lowest BCUT2D eigenvalue weighted by molar-refractivity contribution is -0.116. The predicted octanol–water partition coefficient (Wildman–Crippen LogP) is 3.68. The van der Waals surface area contributed by atoms with Crippen LogP contribution in [-0.4, -0.2) is 29.3 Å². The van der Waals surface area contributed by atoms with Gasteiger partial charge < -0.3 is 10.1 Å². The van der Waals surface area contributed by atoms with Gasteiger partial charge in [-0.1, -0.05) is 17.4 Å². The SMILES string of the molecule is CCOC(=O)c1sc(NC(=O)CCCC(=O)c2cccs2)nc1C. The molecule has 0 unspecified atom stereocenters. The van der Waals surface area contributed by atoms with E-state index >= 15 is 0 Å². The summed E-state index contributed by atoms with van der Waals surface area (Å²) in [4.78, 5) is 40.8.